The van der Waals surface area contributed by atoms with Crippen molar-refractivity contribution in [3.8, 4) is 12.3 Å². The average Bonchev–Trinajstić information content (AvgIpc) is 2.13. The molecule has 0 radical (unpaired) electrons. The fourth-order valence-electron chi connectivity index (χ4n) is 1.76. The van der Waals surface area contributed by atoms with E-state index in [9.17, 15) is 0 Å². The summed E-state index contributed by atoms with van der Waals surface area (Å²) >= 11 is 0. The Hall–Kier alpha value is -0.520. The molecule has 0 atom stereocenters. The second kappa shape index (κ2) is 6.86. The molecule has 80 valence electrons. The molecule has 1 aliphatic carbocycles. The fourth-order valence-corrected chi connectivity index (χ4v) is 1.76. The van der Waals surface area contributed by atoms with E-state index >= 15 is 0 Å². The van der Waals surface area contributed by atoms with E-state index < -0.39 is 0 Å². The van der Waals surface area contributed by atoms with E-state index in [-0.39, 0.29) is 0 Å². The summed E-state index contributed by atoms with van der Waals surface area (Å²) < 4.78 is 5.49. The highest BCUT2D eigenvalue weighted by atomic mass is 16.5. The molecule has 0 bridgehead atoms. The van der Waals surface area contributed by atoms with Gasteiger partial charge < -0.3 is 10.1 Å². The number of unbranched alkanes of at least 4 members (excludes halogenated alkanes) is 2. The maximum absolute atomic E-state index is 5.49. The molecule has 0 heterocycles. The Labute approximate surface area is 87.4 Å². The van der Waals surface area contributed by atoms with Crippen LogP contribution >= 0.6 is 0 Å². The van der Waals surface area contributed by atoms with Crippen LogP contribution in [0.2, 0.25) is 0 Å². The SMILES string of the molecule is C#CCCCCNC1CC(OCC)C1. The number of terminal acetylenes is 1. The van der Waals surface area contributed by atoms with Crippen molar-refractivity contribution >= 4 is 0 Å². The van der Waals surface area contributed by atoms with Crippen molar-refractivity contribution < 1.29 is 4.74 Å². The van der Waals surface area contributed by atoms with Crippen molar-refractivity contribution in [1.29, 1.82) is 0 Å². The Morgan fingerprint density at radius 2 is 2.21 bits per heavy atom. The molecule has 1 N–H and O–H groups in total. The molecule has 1 rings (SSSR count). The van der Waals surface area contributed by atoms with E-state index in [1.165, 1.54) is 19.3 Å². The lowest BCUT2D eigenvalue weighted by molar-refractivity contribution is -0.00974. The Morgan fingerprint density at radius 3 is 2.86 bits per heavy atom. The number of nitrogens with one attached hydrogen (secondary N) is 1. The third kappa shape index (κ3) is 4.13. The molecule has 1 fully saturated rings. The Bertz CT molecular complexity index is 179. The molecule has 0 spiro atoms. The molecule has 0 aromatic rings. The molecule has 14 heavy (non-hydrogen) atoms. The van der Waals surface area contributed by atoms with E-state index in [1.807, 2.05) is 0 Å². The minimum absolute atomic E-state index is 0.517. The van der Waals surface area contributed by atoms with Gasteiger partial charge in [-0.1, -0.05) is 0 Å². The normalized spacial score (nSPS) is 25.4. The summed E-state index contributed by atoms with van der Waals surface area (Å²) in [4.78, 5) is 0. The topological polar surface area (TPSA) is 21.3 Å². The van der Waals surface area contributed by atoms with Crippen molar-refractivity contribution in [2.24, 2.45) is 0 Å². The van der Waals surface area contributed by atoms with Crippen LogP contribution in [-0.4, -0.2) is 25.3 Å². The highest BCUT2D eigenvalue weighted by Gasteiger charge is 2.28. The van der Waals surface area contributed by atoms with Gasteiger partial charge in [0, 0.05) is 19.1 Å². The maximum Gasteiger partial charge on any atom is 0.0604 e. The molecule has 1 aliphatic rings. The molecule has 1 saturated carbocycles. The van der Waals surface area contributed by atoms with Crippen molar-refractivity contribution in [3.63, 3.8) is 0 Å². The first-order valence-electron chi connectivity index (χ1n) is 5.65. The molecule has 2 heteroatoms. The zero-order valence-corrected chi connectivity index (χ0v) is 9.09. The van der Waals surface area contributed by atoms with Crippen LogP contribution in [0.4, 0.5) is 0 Å². The van der Waals surface area contributed by atoms with Gasteiger partial charge in [-0.05, 0) is 39.2 Å². The van der Waals surface area contributed by atoms with Gasteiger partial charge in [-0.3, -0.25) is 0 Å². The van der Waals surface area contributed by atoms with Gasteiger partial charge in [-0.2, -0.15) is 0 Å². The monoisotopic (exact) mass is 195 g/mol. The van der Waals surface area contributed by atoms with Crippen molar-refractivity contribution in [2.75, 3.05) is 13.2 Å². The first-order valence-corrected chi connectivity index (χ1v) is 5.65. The largest absolute Gasteiger partial charge is 0.378 e. The summed E-state index contributed by atoms with van der Waals surface area (Å²) in [6, 6.07) is 0.692. The highest BCUT2D eigenvalue weighted by molar-refractivity contribution is 4.86. The van der Waals surface area contributed by atoms with Crippen molar-refractivity contribution in [2.45, 2.75) is 51.2 Å². The lowest BCUT2D eigenvalue weighted by Gasteiger charge is -2.35. The van der Waals surface area contributed by atoms with Crippen LogP contribution in [0.1, 0.15) is 39.0 Å². The van der Waals surface area contributed by atoms with Gasteiger partial charge in [0.05, 0.1) is 6.10 Å². The Balaban J connectivity index is 1.84. The van der Waals surface area contributed by atoms with E-state index in [2.05, 4.69) is 18.2 Å². The molecule has 0 aliphatic heterocycles. The fraction of sp³-hybridized carbons (Fsp3) is 0.833. The van der Waals surface area contributed by atoms with E-state index in [0.29, 0.717) is 12.1 Å². The standard InChI is InChI=1S/C12H21NO/c1-3-5-6-7-8-13-11-9-12(10-11)14-4-2/h1,11-13H,4-10H2,2H3. The quantitative estimate of drug-likeness (QED) is 0.495. The molecule has 2 nitrogen and oxygen atoms in total. The van der Waals surface area contributed by atoms with E-state index in [0.717, 1.165) is 26.0 Å². The van der Waals surface area contributed by atoms with Gasteiger partial charge in [-0.15, -0.1) is 12.3 Å². The molecule has 0 aromatic heterocycles. The predicted octanol–water partition coefficient (Wildman–Crippen LogP) is 1.95. The van der Waals surface area contributed by atoms with Crippen LogP contribution < -0.4 is 5.32 Å². The summed E-state index contributed by atoms with van der Waals surface area (Å²) in [7, 11) is 0. The zero-order chi connectivity index (χ0) is 10.2. The average molecular weight is 195 g/mol. The summed E-state index contributed by atoms with van der Waals surface area (Å²) in [6.45, 7) is 4.01. The predicted molar refractivity (Wildman–Crippen MR) is 59.1 cm³/mol. The van der Waals surface area contributed by atoms with E-state index in [4.69, 9.17) is 11.2 Å². The molecular weight excluding hydrogens is 174 g/mol. The van der Waals surface area contributed by atoms with Crippen LogP contribution in [0.15, 0.2) is 0 Å². The molecule has 0 aromatic carbocycles. The van der Waals surface area contributed by atoms with Crippen LogP contribution in [0.25, 0.3) is 0 Å². The zero-order valence-electron chi connectivity index (χ0n) is 9.09. The maximum atomic E-state index is 5.49. The second-order valence-corrected chi connectivity index (χ2v) is 3.86. The number of hydrogen-bond acceptors (Lipinski definition) is 2. The third-order valence-corrected chi connectivity index (χ3v) is 2.68. The van der Waals surface area contributed by atoms with Crippen molar-refractivity contribution in [1.82, 2.24) is 5.32 Å². The second-order valence-electron chi connectivity index (χ2n) is 3.86. The van der Waals surface area contributed by atoms with Crippen LogP contribution in [0.5, 0.6) is 0 Å². The van der Waals surface area contributed by atoms with Gasteiger partial charge in [-0.25, -0.2) is 0 Å². The van der Waals surface area contributed by atoms with Crippen LogP contribution in [-0.2, 0) is 4.74 Å². The van der Waals surface area contributed by atoms with Gasteiger partial charge in [0.1, 0.15) is 0 Å². The summed E-state index contributed by atoms with van der Waals surface area (Å²) in [5.41, 5.74) is 0. The van der Waals surface area contributed by atoms with Gasteiger partial charge in [0.15, 0.2) is 0 Å². The first kappa shape index (κ1) is 11.6. The molecule has 0 amide bonds. The van der Waals surface area contributed by atoms with Crippen LogP contribution in [0, 0.1) is 12.3 Å². The number of rotatable bonds is 7. The minimum atomic E-state index is 0.517. The molecule has 0 unspecified atom stereocenters. The smallest absolute Gasteiger partial charge is 0.0604 e. The number of ether oxygens (including phenoxy) is 1. The summed E-state index contributed by atoms with van der Waals surface area (Å²) in [6.07, 6.45) is 11.3. The lowest BCUT2D eigenvalue weighted by Crippen LogP contribution is -2.45. The molecular formula is C12H21NO. The van der Waals surface area contributed by atoms with Crippen molar-refractivity contribution in [3.05, 3.63) is 0 Å². The Morgan fingerprint density at radius 1 is 1.43 bits per heavy atom. The molecule has 0 saturated heterocycles. The van der Waals surface area contributed by atoms with Gasteiger partial charge in [0.2, 0.25) is 0 Å². The summed E-state index contributed by atoms with van der Waals surface area (Å²) in [5, 5.41) is 3.52. The van der Waals surface area contributed by atoms with E-state index in [1.54, 1.807) is 0 Å². The van der Waals surface area contributed by atoms with Gasteiger partial charge in [0.25, 0.3) is 0 Å². The van der Waals surface area contributed by atoms with Crippen LogP contribution in [0.3, 0.4) is 0 Å². The Kier molecular flexibility index (Phi) is 5.66. The first-order chi connectivity index (χ1) is 6.86. The summed E-state index contributed by atoms with van der Waals surface area (Å²) in [5.74, 6) is 2.66. The third-order valence-electron chi connectivity index (χ3n) is 2.68. The number of hydrogen-bond donors (Lipinski definition) is 1. The minimum Gasteiger partial charge on any atom is -0.378 e. The highest BCUT2D eigenvalue weighted by Crippen LogP contribution is 2.22. The van der Waals surface area contributed by atoms with Gasteiger partial charge >= 0.3 is 0 Å². The lowest BCUT2D eigenvalue weighted by atomic mass is 9.89.